The summed E-state index contributed by atoms with van der Waals surface area (Å²) in [5.74, 6) is -0.329. The molecule has 3 aromatic carbocycles. The summed E-state index contributed by atoms with van der Waals surface area (Å²) in [7, 11) is 0. The molecule has 0 aliphatic carbocycles. The zero-order valence-electron chi connectivity index (χ0n) is 20.9. The van der Waals surface area contributed by atoms with E-state index in [-0.39, 0.29) is 11.5 Å². The van der Waals surface area contributed by atoms with Crippen molar-refractivity contribution in [3.63, 3.8) is 0 Å². The van der Waals surface area contributed by atoms with Gasteiger partial charge in [0.05, 0.1) is 22.3 Å². The van der Waals surface area contributed by atoms with Gasteiger partial charge in [-0.2, -0.15) is 18.2 Å². The first-order valence-corrected chi connectivity index (χ1v) is 12.4. The highest BCUT2D eigenvalue weighted by atomic mass is 19.4. The number of halogens is 5. The van der Waals surface area contributed by atoms with E-state index in [0.717, 1.165) is 12.1 Å². The summed E-state index contributed by atoms with van der Waals surface area (Å²) in [6.07, 6.45) is -4.42. The number of alkyl halides is 3. The molecule has 1 aliphatic heterocycles. The Morgan fingerprint density at radius 2 is 1.40 bits per heavy atom. The third kappa shape index (κ3) is 4.76. The zero-order valence-corrected chi connectivity index (χ0v) is 20.9. The number of nitrogens with two attached hydrogens (primary N) is 1. The highest BCUT2D eigenvalue weighted by Gasteiger charge is 2.31. The smallest absolute Gasteiger partial charge is 0.383 e. The first-order valence-electron chi connectivity index (χ1n) is 12.4. The summed E-state index contributed by atoms with van der Waals surface area (Å²) < 4.78 is 68.7. The largest absolute Gasteiger partial charge is 0.416 e. The lowest BCUT2D eigenvalue weighted by molar-refractivity contribution is -0.137. The molecule has 0 bridgehead atoms. The Labute approximate surface area is 225 Å². The average molecular weight is 552 g/mol. The fourth-order valence-corrected chi connectivity index (χ4v) is 4.81. The van der Waals surface area contributed by atoms with E-state index in [1.165, 1.54) is 35.0 Å². The van der Waals surface area contributed by atoms with Crippen LogP contribution < -0.4 is 15.5 Å². The van der Waals surface area contributed by atoms with Crippen molar-refractivity contribution < 1.29 is 22.0 Å². The van der Waals surface area contributed by atoms with Gasteiger partial charge < -0.3 is 15.5 Å². The minimum Gasteiger partial charge on any atom is -0.383 e. The molecular weight excluding hydrogens is 529 g/mol. The predicted octanol–water partition coefficient (Wildman–Crippen LogP) is 5.69. The van der Waals surface area contributed by atoms with Crippen LogP contribution >= 0.6 is 0 Å². The second-order valence-corrected chi connectivity index (χ2v) is 9.38. The Balaban J connectivity index is 1.37. The fourth-order valence-electron chi connectivity index (χ4n) is 4.81. The van der Waals surface area contributed by atoms with Gasteiger partial charge in [-0.15, -0.1) is 5.10 Å². The van der Waals surface area contributed by atoms with E-state index < -0.39 is 23.4 Å². The molecule has 1 fully saturated rings. The first-order chi connectivity index (χ1) is 19.2. The highest BCUT2D eigenvalue weighted by molar-refractivity contribution is 5.99. The lowest BCUT2D eigenvalue weighted by atomic mass is 10.1. The van der Waals surface area contributed by atoms with Crippen LogP contribution in [0.1, 0.15) is 5.56 Å². The monoisotopic (exact) mass is 551 g/mol. The molecule has 0 unspecified atom stereocenters. The molecule has 2 aromatic heterocycles. The number of hydrogen-bond donors (Lipinski definition) is 1. The summed E-state index contributed by atoms with van der Waals surface area (Å²) in [6, 6.07) is 16.8. The van der Waals surface area contributed by atoms with Crippen molar-refractivity contribution in [2.45, 2.75) is 6.18 Å². The average Bonchev–Trinajstić information content (AvgIpc) is 3.29. The van der Waals surface area contributed by atoms with Crippen molar-refractivity contribution in [1.29, 1.82) is 0 Å². The molecule has 1 aliphatic rings. The quantitative estimate of drug-likeness (QED) is 0.290. The van der Waals surface area contributed by atoms with E-state index in [1.807, 2.05) is 9.80 Å². The fraction of sp³-hybridized carbons (Fsp3) is 0.179. The van der Waals surface area contributed by atoms with E-state index in [9.17, 15) is 22.0 Å². The standard InChI is InChI=1S/C28H22F5N7/c29-19-9-7-17(8-10-19)24-23-25(34)40(22-6-2-4-20(30)16-22)37-26(23)36-27(35-24)39-13-11-38(12-14-39)21-5-1-3-18(15-21)28(31,32)33/h1-10,15-16H,11-14,34H2. The Hall–Kier alpha value is -4.74. The summed E-state index contributed by atoms with van der Waals surface area (Å²) in [4.78, 5) is 13.2. The normalized spacial score (nSPS) is 14.2. The topological polar surface area (TPSA) is 76.1 Å². The van der Waals surface area contributed by atoms with Gasteiger partial charge in [-0.05, 0) is 60.7 Å². The Bertz CT molecular complexity index is 1690. The number of hydrogen-bond acceptors (Lipinski definition) is 6. The van der Waals surface area contributed by atoms with E-state index in [1.54, 1.807) is 30.3 Å². The number of nitrogen functional groups attached to an aromatic ring is 1. The molecular formula is C28H22F5N7. The Kier molecular flexibility index (Phi) is 6.24. The molecule has 0 spiro atoms. The van der Waals surface area contributed by atoms with Gasteiger partial charge in [0.1, 0.15) is 17.5 Å². The van der Waals surface area contributed by atoms with Crippen molar-refractivity contribution >= 4 is 28.5 Å². The van der Waals surface area contributed by atoms with Crippen molar-refractivity contribution in [3.8, 4) is 16.9 Å². The van der Waals surface area contributed by atoms with Crippen molar-refractivity contribution in [2.75, 3.05) is 41.7 Å². The predicted molar refractivity (Wildman–Crippen MR) is 142 cm³/mol. The maximum Gasteiger partial charge on any atom is 0.416 e. The summed E-state index contributed by atoms with van der Waals surface area (Å²) in [6.45, 7) is 1.75. The number of benzene rings is 3. The maximum absolute atomic E-state index is 14.0. The van der Waals surface area contributed by atoms with Crippen LogP contribution in [0.25, 0.3) is 28.0 Å². The van der Waals surface area contributed by atoms with Gasteiger partial charge in [0.15, 0.2) is 5.65 Å². The third-order valence-corrected chi connectivity index (χ3v) is 6.83. The summed E-state index contributed by atoms with van der Waals surface area (Å²) >= 11 is 0. The van der Waals surface area contributed by atoms with Crippen molar-refractivity contribution in [1.82, 2.24) is 19.7 Å². The molecule has 12 heteroatoms. The van der Waals surface area contributed by atoms with E-state index in [2.05, 4.69) is 10.1 Å². The highest BCUT2D eigenvalue weighted by Crippen LogP contribution is 2.35. The molecule has 6 rings (SSSR count). The van der Waals surface area contributed by atoms with E-state index >= 15 is 0 Å². The molecule has 40 heavy (non-hydrogen) atoms. The van der Waals surface area contributed by atoms with Crippen molar-refractivity contribution in [2.24, 2.45) is 0 Å². The number of rotatable bonds is 4. The molecule has 0 saturated carbocycles. The van der Waals surface area contributed by atoms with Crippen LogP contribution in [0.4, 0.5) is 39.4 Å². The van der Waals surface area contributed by atoms with Gasteiger partial charge in [-0.1, -0.05) is 12.1 Å². The second-order valence-electron chi connectivity index (χ2n) is 9.38. The van der Waals surface area contributed by atoms with Crippen LogP contribution in [0.15, 0.2) is 72.8 Å². The third-order valence-electron chi connectivity index (χ3n) is 6.83. The molecule has 1 saturated heterocycles. The minimum absolute atomic E-state index is 0.195. The van der Waals surface area contributed by atoms with Gasteiger partial charge in [-0.25, -0.2) is 18.4 Å². The molecule has 3 heterocycles. The van der Waals surface area contributed by atoms with Crippen LogP contribution in [0.3, 0.4) is 0 Å². The van der Waals surface area contributed by atoms with Gasteiger partial charge in [0.25, 0.3) is 0 Å². The molecule has 2 N–H and O–H groups in total. The number of piperazine rings is 1. The zero-order chi connectivity index (χ0) is 28.0. The van der Waals surface area contributed by atoms with Gasteiger partial charge in [0.2, 0.25) is 5.95 Å². The molecule has 7 nitrogen and oxygen atoms in total. The second kappa shape index (κ2) is 9.78. The van der Waals surface area contributed by atoms with Gasteiger partial charge in [0, 0.05) is 37.4 Å². The van der Waals surface area contributed by atoms with E-state index in [4.69, 9.17) is 10.7 Å². The van der Waals surface area contributed by atoms with Gasteiger partial charge in [-0.3, -0.25) is 0 Å². The van der Waals surface area contributed by atoms with E-state index in [0.29, 0.717) is 60.1 Å². The van der Waals surface area contributed by atoms with Crippen LogP contribution in [0.5, 0.6) is 0 Å². The maximum atomic E-state index is 14.0. The molecule has 204 valence electrons. The molecule has 0 radical (unpaired) electrons. The molecule has 5 aromatic rings. The van der Waals surface area contributed by atoms with Crippen LogP contribution in [0.2, 0.25) is 0 Å². The van der Waals surface area contributed by atoms with Crippen LogP contribution in [-0.4, -0.2) is 45.9 Å². The van der Waals surface area contributed by atoms with Crippen LogP contribution in [0, 0.1) is 11.6 Å². The SMILES string of the molecule is Nc1c2c(-c3ccc(F)cc3)nc(N3CCN(c4cccc(C(F)(F)F)c4)CC3)nc2nn1-c1cccc(F)c1. The Morgan fingerprint density at radius 3 is 2.10 bits per heavy atom. The molecule has 0 amide bonds. The number of anilines is 3. The number of aromatic nitrogens is 4. The number of nitrogens with zero attached hydrogens (tertiary/aromatic N) is 6. The first kappa shape index (κ1) is 25.5. The lowest BCUT2D eigenvalue weighted by Crippen LogP contribution is -2.47. The summed E-state index contributed by atoms with van der Waals surface area (Å²) in [5, 5.41) is 4.97. The molecule has 0 atom stereocenters. The Morgan fingerprint density at radius 1 is 0.725 bits per heavy atom. The van der Waals surface area contributed by atoms with Gasteiger partial charge >= 0.3 is 6.18 Å². The number of fused-ring (bicyclic) bond motifs is 1. The van der Waals surface area contributed by atoms with Crippen LogP contribution in [-0.2, 0) is 6.18 Å². The minimum atomic E-state index is -4.42. The summed E-state index contributed by atoms with van der Waals surface area (Å²) in [5.41, 5.74) is 7.94. The lowest BCUT2D eigenvalue weighted by Gasteiger charge is -2.36. The van der Waals surface area contributed by atoms with Crippen molar-refractivity contribution in [3.05, 3.63) is 90.0 Å².